The topological polar surface area (TPSA) is 24.1 Å². The van der Waals surface area contributed by atoms with Crippen LogP contribution < -0.4 is 10.6 Å². The molecule has 64 valence electrons. The van der Waals surface area contributed by atoms with E-state index in [0.717, 1.165) is 12.2 Å². The molecule has 0 aromatic heterocycles. The molecule has 0 saturated heterocycles. The average Bonchev–Trinajstić information content (AvgIpc) is 2.07. The van der Waals surface area contributed by atoms with Crippen LogP contribution in [0.4, 0.5) is 15.8 Å². The molecule has 1 aromatic carbocycles. The Bertz CT molecular complexity index is 299. The third-order valence-corrected chi connectivity index (χ3v) is 2.00. The zero-order valence-corrected chi connectivity index (χ0v) is 6.89. The van der Waals surface area contributed by atoms with Crippen LogP contribution in [0.25, 0.3) is 0 Å². The summed E-state index contributed by atoms with van der Waals surface area (Å²) in [4.78, 5) is 0. The van der Waals surface area contributed by atoms with Gasteiger partial charge in [0.25, 0.3) is 0 Å². The molecule has 0 unspecified atom stereocenters. The fraction of sp³-hybridized carbons (Fsp3) is 0.333. The van der Waals surface area contributed by atoms with E-state index in [2.05, 4.69) is 10.6 Å². The summed E-state index contributed by atoms with van der Waals surface area (Å²) in [7, 11) is 0. The Balaban J connectivity index is 2.43. The summed E-state index contributed by atoms with van der Waals surface area (Å²) in [6, 6.07) is 5.33. The number of anilines is 2. The van der Waals surface area contributed by atoms with Gasteiger partial charge in [-0.05, 0) is 19.1 Å². The highest BCUT2D eigenvalue weighted by Gasteiger charge is 2.15. The van der Waals surface area contributed by atoms with Crippen molar-refractivity contribution in [1.29, 1.82) is 0 Å². The molecule has 1 aliphatic heterocycles. The van der Waals surface area contributed by atoms with Gasteiger partial charge in [-0.1, -0.05) is 6.07 Å². The maximum Gasteiger partial charge on any atom is 0.148 e. The van der Waals surface area contributed by atoms with E-state index in [4.69, 9.17) is 0 Å². The second-order valence-electron chi connectivity index (χ2n) is 3.09. The molecule has 0 fully saturated rings. The summed E-state index contributed by atoms with van der Waals surface area (Å²) in [6.07, 6.45) is 0. The van der Waals surface area contributed by atoms with Gasteiger partial charge in [-0.25, -0.2) is 4.39 Å². The predicted octanol–water partition coefficient (Wildman–Crippen LogP) is 2.05. The van der Waals surface area contributed by atoms with Gasteiger partial charge in [-0.15, -0.1) is 0 Å². The average molecular weight is 166 g/mol. The van der Waals surface area contributed by atoms with Crippen LogP contribution in [0.1, 0.15) is 6.92 Å². The maximum absolute atomic E-state index is 13.1. The summed E-state index contributed by atoms with van der Waals surface area (Å²) >= 11 is 0. The highest BCUT2D eigenvalue weighted by Crippen LogP contribution is 2.28. The molecule has 0 spiro atoms. The van der Waals surface area contributed by atoms with Gasteiger partial charge in [-0.2, -0.15) is 0 Å². The van der Waals surface area contributed by atoms with Crippen LogP contribution in [0.2, 0.25) is 0 Å². The van der Waals surface area contributed by atoms with Gasteiger partial charge < -0.3 is 10.6 Å². The number of benzene rings is 1. The first-order chi connectivity index (χ1) is 5.77. The Kier molecular flexibility index (Phi) is 1.64. The van der Waals surface area contributed by atoms with Crippen molar-refractivity contribution < 1.29 is 4.39 Å². The minimum absolute atomic E-state index is 0.188. The summed E-state index contributed by atoms with van der Waals surface area (Å²) < 4.78 is 13.1. The van der Waals surface area contributed by atoms with Crippen molar-refractivity contribution in [3.8, 4) is 0 Å². The second kappa shape index (κ2) is 2.66. The molecule has 1 heterocycles. The van der Waals surface area contributed by atoms with Crippen molar-refractivity contribution in [2.75, 3.05) is 17.2 Å². The highest BCUT2D eigenvalue weighted by atomic mass is 19.1. The van der Waals surface area contributed by atoms with Crippen molar-refractivity contribution >= 4 is 11.4 Å². The molecule has 0 radical (unpaired) electrons. The van der Waals surface area contributed by atoms with E-state index in [1.54, 1.807) is 6.07 Å². The van der Waals surface area contributed by atoms with Gasteiger partial charge >= 0.3 is 0 Å². The van der Waals surface area contributed by atoms with Crippen molar-refractivity contribution in [2.45, 2.75) is 13.0 Å². The summed E-state index contributed by atoms with van der Waals surface area (Å²) in [5.74, 6) is -0.188. The van der Waals surface area contributed by atoms with Gasteiger partial charge in [0.15, 0.2) is 0 Å². The number of rotatable bonds is 0. The smallest absolute Gasteiger partial charge is 0.148 e. The third kappa shape index (κ3) is 1.11. The number of hydrogen-bond donors (Lipinski definition) is 2. The lowest BCUT2D eigenvalue weighted by molar-refractivity contribution is 0.624. The first-order valence-corrected chi connectivity index (χ1v) is 4.06. The number of para-hydroxylation sites is 1. The van der Waals surface area contributed by atoms with E-state index in [-0.39, 0.29) is 11.9 Å². The molecule has 2 nitrogen and oxygen atoms in total. The maximum atomic E-state index is 13.1. The molecule has 0 saturated carbocycles. The number of nitrogens with one attached hydrogen (secondary N) is 2. The SMILES string of the molecule is C[C@@H]1CNc2cccc(F)c2N1. The van der Waals surface area contributed by atoms with Gasteiger partial charge in [0.2, 0.25) is 0 Å². The molecule has 0 aliphatic carbocycles. The van der Waals surface area contributed by atoms with Crippen molar-refractivity contribution in [3.05, 3.63) is 24.0 Å². The Morgan fingerprint density at radius 2 is 2.33 bits per heavy atom. The molecule has 12 heavy (non-hydrogen) atoms. The van der Waals surface area contributed by atoms with Crippen LogP contribution >= 0.6 is 0 Å². The standard InChI is InChI=1S/C9H11FN2/c1-6-5-11-8-4-2-3-7(10)9(8)12-6/h2-4,6,11-12H,5H2,1H3/t6-/m1/s1. The minimum Gasteiger partial charge on any atom is -0.381 e. The lowest BCUT2D eigenvalue weighted by Crippen LogP contribution is -2.30. The van der Waals surface area contributed by atoms with Gasteiger partial charge in [0.1, 0.15) is 5.82 Å². The van der Waals surface area contributed by atoms with Crippen LogP contribution in [0.5, 0.6) is 0 Å². The van der Waals surface area contributed by atoms with Crippen LogP contribution in [-0.2, 0) is 0 Å². The number of halogens is 1. The first-order valence-electron chi connectivity index (χ1n) is 4.06. The van der Waals surface area contributed by atoms with Gasteiger partial charge in [-0.3, -0.25) is 0 Å². The quantitative estimate of drug-likeness (QED) is 0.616. The molecule has 3 heteroatoms. The largest absolute Gasteiger partial charge is 0.381 e. The van der Waals surface area contributed by atoms with Gasteiger partial charge in [0.05, 0.1) is 11.4 Å². The van der Waals surface area contributed by atoms with Gasteiger partial charge in [0, 0.05) is 12.6 Å². The zero-order chi connectivity index (χ0) is 8.55. The number of fused-ring (bicyclic) bond motifs is 1. The second-order valence-corrected chi connectivity index (χ2v) is 3.09. The molecule has 1 atom stereocenters. The van der Waals surface area contributed by atoms with E-state index in [0.29, 0.717) is 5.69 Å². The molecular formula is C9H11FN2. The fourth-order valence-electron chi connectivity index (χ4n) is 1.38. The zero-order valence-electron chi connectivity index (χ0n) is 6.89. The van der Waals surface area contributed by atoms with Crippen LogP contribution in [0.15, 0.2) is 18.2 Å². The molecule has 2 rings (SSSR count). The fourth-order valence-corrected chi connectivity index (χ4v) is 1.38. The Hall–Kier alpha value is -1.25. The molecule has 0 bridgehead atoms. The summed E-state index contributed by atoms with van der Waals surface area (Å²) in [6.45, 7) is 2.86. The molecule has 1 aliphatic rings. The lowest BCUT2D eigenvalue weighted by atomic mass is 10.1. The van der Waals surface area contributed by atoms with E-state index < -0.39 is 0 Å². The molecule has 1 aromatic rings. The van der Waals surface area contributed by atoms with E-state index in [1.807, 2.05) is 13.0 Å². The van der Waals surface area contributed by atoms with Crippen LogP contribution in [0, 0.1) is 5.82 Å². The molecular weight excluding hydrogens is 155 g/mol. The Morgan fingerprint density at radius 3 is 3.17 bits per heavy atom. The molecule has 0 amide bonds. The van der Waals surface area contributed by atoms with E-state index >= 15 is 0 Å². The van der Waals surface area contributed by atoms with Crippen molar-refractivity contribution in [2.24, 2.45) is 0 Å². The van der Waals surface area contributed by atoms with Crippen LogP contribution in [0.3, 0.4) is 0 Å². The van der Waals surface area contributed by atoms with Crippen molar-refractivity contribution in [3.63, 3.8) is 0 Å². The summed E-state index contributed by atoms with van der Waals surface area (Å²) in [5.41, 5.74) is 1.45. The first kappa shape index (κ1) is 7.40. The Morgan fingerprint density at radius 1 is 1.50 bits per heavy atom. The third-order valence-electron chi connectivity index (χ3n) is 2.00. The Labute approximate surface area is 70.8 Å². The number of hydrogen-bond acceptors (Lipinski definition) is 2. The van der Waals surface area contributed by atoms with E-state index in [1.165, 1.54) is 6.07 Å². The molecule has 2 N–H and O–H groups in total. The lowest BCUT2D eigenvalue weighted by Gasteiger charge is -2.25. The van der Waals surface area contributed by atoms with Crippen LogP contribution in [-0.4, -0.2) is 12.6 Å². The van der Waals surface area contributed by atoms with Crippen molar-refractivity contribution in [1.82, 2.24) is 0 Å². The highest BCUT2D eigenvalue weighted by molar-refractivity contribution is 5.71. The summed E-state index contributed by atoms with van der Waals surface area (Å²) in [5, 5.41) is 6.24. The predicted molar refractivity (Wildman–Crippen MR) is 48.0 cm³/mol. The van der Waals surface area contributed by atoms with E-state index in [9.17, 15) is 4.39 Å². The minimum atomic E-state index is -0.188. The monoisotopic (exact) mass is 166 g/mol. The normalized spacial score (nSPS) is 20.7.